The number of ether oxygens (including phenoxy) is 2. The Morgan fingerprint density at radius 3 is 1.33 bits per heavy atom. The maximum Gasteiger partial charge on any atom is 0.472 e. The standard InChI is InChI=1S/C38H76NO8P/c1-6-8-10-12-14-16-18-19-20-21-23-25-27-29-31-38(41)47-36(35-46-48(42,43)45-33-32-39(3,4)5)34-44-37(40)30-28-26-24-22-17-15-13-11-9-7-2/h36H,6-35H2,1-5H3/p+1. The van der Waals surface area contributed by atoms with E-state index in [1.54, 1.807) is 0 Å². The van der Waals surface area contributed by atoms with Crippen molar-refractivity contribution in [2.24, 2.45) is 0 Å². The molecule has 0 radical (unpaired) electrons. The Morgan fingerprint density at radius 2 is 0.938 bits per heavy atom. The van der Waals surface area contributed by atoms with E-state index in [-0.39, 0.29) is 25.6 Å². The maximum atomic E-state index is 12.6. The Bertz CT molecular complexity index is 804. The lowest BCUT2D eigenvalue weighted by molar-refractivity contribution is -0.870. The van der Waals surface area contributed by atoms with Crippen LogP contribution >= 0.6 is 7.82 Å². The third kappa shape index (κ3) is 34.9. The second kappa shape index (κ2) is 32.0. The van der Waals surface area contributed by atoms with Gasteiger partial charge in [0.2, 0.25) is 0 Å². The molecule has 0 spiro atoms. The van der Waals surface area contributed by atoms with Crippen LogP contribution in [-0.4, -0.2) is 74.9 Å². The smallest absolute Gasteiger partial charge is 0.462 e. The number of phosphoric ester groups is 1. The van der Waals surface area contributed by atoms with Crippen molar-refractivity contribution in [3.8, 4) is 0 Å². The number of unbranched alkanes of at least 4 members (excludes halogenated alkanes) is 22. The van der Waals surface area contributed by atoms with E-state index in [0.717, 1.165) is 38.5 Å². The zero-order chi connectivity index (χ0) is 35.8. The molecule has 0 saturated carbocycles. The molecule has 1 N–H and O–H groups in total. The van der Waals surface area contributed by atoms with Crippen molar-refractivity contribution in [1.29, 1.82) is 0 Å². The minimum absolute atomic E-state index is 0.0364. The monoisotopic (exact) mass is 707 g/mol. The summed E-state index contributed by atoms with van der Waals surface area (Å²) in [5.41, 5.74) is 0. The lowest BCUT2D eigenvalue weighted by Gasteiger charge is -2.24. The minimum Gasteiger partial charge on any atom is -0.462 e. The number of hydrogen-bond donors (Lipinski definition) is 1. The molecule has 0 aromatic carbocycles. The number of nitrogens with zero attached hydrogens (tertiary/aromatic N) is 1. The number of esters is 2. The second-order valence-electron chi connectivity index (χ2n) is 14.7. The minimum atomic E-state index is -4.36. The summed E-state index contributed by atoms with van der Waals surface area (Å²) in [6.45, 7) is 4.42. The van der Waals surface area contributed by atoms with Crippen molar-refractivity contribution in [1.82, 2.24) is 0 Å². The van der Waals surface area contributed by atoms with E-state index in [4.69, 9.17) is 18.5 Å². The number of rotatable bonds is 36. The summed E-state index contributed by atoms with van der Waals surface area (Å²) in [5, 5.41) is 0. The second-order valence-corrected chi connectivity index (χ2v) is 16.1. The van der Waals surface area contributed by atoms with Gasteiger partial charge in [0, 0.05) is 12.8 Å². The summed E-state index contributed by atoms with van der Waals surface area (Å²) in [6, 6.07) is 0. The fourth-order valence-corrected chi connectivity index (χ4v) is 6.23. The van der Waals surface area contributed by atoms with Gasteiger partial charge in [-0.05, 0) is 12.8 Å². The van der Waals surface area contributed by atoms with Gasteiger partial charge in [0.15, 0.2) is 6.10 Å². The highest BCUT2D eigenvalue weighted by Gasteiger charge is 2.27. The molecule has 0 heterocycles. The van der Waals surface area contributed by atoms with Crippen LogP contribution in [0.1, 0.15) is 181 Å². The van der Waals surface area contributed by atoms with Gasteiger partial charge >= 0.3 is 19.8 Å². The molecular weight excluding hydrogens is 629 g/mol. The van der Waals surface area contributed by atoms with Gasteiger partial charge in [0.1, 0.15) is 19.8 Å². The van der Waals surface area contributed by atoms with E-state index in [1.807, 2.05) is 21.1 Å². The van der Waals surface area contributed by atoms with Crippen molar-refractivity contribution in [3.63, 3.8) is 0 Å². The molecule has 0 aliphatic carbocycles. The molecule has 0 rings (SSSR count). The van der Waals surface area contributed by atoms with Crippen LogP contribution in [0, 0.1) is 0 Å². The zero-order valence-electron chi connectivity index (χ0n) is 32.0. The zero-order valence-corrected chi connectivity index (χ0v) is 32.9. The topological polar surface area (TPSA) is 108 Å². The van der Waals surface area contributed by atoms with Gasteiger partial charge in [-0.3, -0.25) is 18.6 Å². The van der Waals surface area contributed by atoms with Gasteiger partial charge in [0.05, 0.1) is 27.7 Å². The normalized spacial score (nSPS) is 13.7. The van der Waals surface area contributed by atoms with Crippen LogP contribution in [-0.2, 0) is 32.7 Å². The van der Waals surface area contributed by atoms with Crippen molar-refractivity contribution < 1.29 is 42.1 Å². The van der Waals surface area contributed by atoms with E-state index in [2.05, 4.69) is 13.8 Å². The molecule has 0 fully saturated rings. The van der Waals surface area contributed by atoms with Crippen LogP contribution in [0.15, 0.2) is 0 Å². The Labute approximate surface area is 295 Å². The summed E-state index contributed by atoms with van der Waals surface area (Å²) in [7, 11) is 1.49. The molecule has 0 aliphatic heterocycles. The van der Waals surface area contributed by atoms with E-state index < -0.39 is 26.5 Å². The average molecular weight is 707 g/mol. The van der Waals surface area contributed by atoms with Crippen LogP contribution in [0.3, 0.4) is 0 Å². The first-order valence-corrected chi connectivity index (χ1v) is 21.3. The molecule has 0 amide bonds. The predicted molar refractivity (Wildman–Crippen MR) is 197 cm³/mol. The third-order valence-corrected chi connectivity index (χ3v) is 9.62. The van der Waals surface area contributed by atoms with Gasteiger partial charge in [0.25, 0.3) is 0 Å². The SMILES string of the molecule is CCCCCCCCCCCCCCCCC(=O)OC(COC(=O)CCCCCCCCCCCC)COP(=O)(O)OCC[N+](C)(C)C. The summed E-state index contributed by atoms with van der Waals surface area (Å²) in [5.74, 6) is -0.791. The molecule has 2 atom stereocenters. The molecule has 0 aromatic rings. The third-order valence-electron chi connectivity index (χ3n) is 8.64. The summed E-state index contributed by atoms with van der Waals surface area (Å²) >= 11 is 0. The molecular formula is C38H77NO8P+. The summed E-state index contributed by atoms with van der Waals surface area (Å²) in [4.78, 5) is 35.1. The van der Waals surface area contributed by atoms with Crippen molar-refractivity contribution in [3.05, 3.63) is 0 Å². The predicted octanol–water partition coefficient (Wildman–Crippen LogP) is 10.5. The molecule has 0 bridgehead atoms. The van der Waals surface area contributed by atoms with Crippen LogP contribution in [0.2, 0.25) is 0 Å². The number of carbonyl (C=O) groups is 2. The van der Waals surface area contributed by atoms with Crippen molar-refractivity contribution in [2.45, 2.75) is 187 Å². The van der Waals surface area contributed by atoms with Gasteiger partial charge in [-0.2, -0.15) is 0 Å². The molecule has 0 aromatic heterocycles. The molecule has 48 heavy (non-hydrogen) atoms. The van der Waals surface area contributed by atoms with Crippen LogP contribution < -0.4 is 0 Å². The number of carbonyl (C=O) groups excluding carboxylic acids is 2. The van der Waals surface area contributed by atoms with E-state index in [9.17, 15) is 19.0 Å². The molecule has 0 saturated heterocycles. The van der Waals surface area contributed by atoms with Crippen molar-refractivity contribution in [2.75, 3.05) is 47.5 Å². The first-order valence-electron chi connectivity index (χ1n) is 19.8. The van der Waals surface area contributed by atoms with Crippen LogP contribution in [0.25, 0.3) is 0 Å². The fraction of sp³-hybridized carbons (Fsp3) is 0.947. The Morgan fingerprint density at radius 1 is 0.562 bits per heavy atom. The van der Waals surface area contributed by atoms with Gasteiger partial charge in [-0.15, -0.1) is 0 Å². The Balaban J connectivity index is 4.39. The highest BCUT2D eigenvalue weighted by molar-refractivity contribution is 7.47. The highest BCUT2D eigenvalue weighted by Crippen LogP contribution is 2.43. The molecule has 0 aliphatic rings. The highest BCUT2D eigenvalue weighted by atomic mass is 31.2. The van der Waals surface area contributed by atoms with Gasteiger partial charge in [-0.25, -0.2) is 4.57 Å². The fourth-order valence-electron chi connectivity index (χ4n) is 5.48. The van der Waals surface area contributed by atoms with Crippen LogP contribution in [0.4, 0.5) is 0 Å². The Hall–Kier alpha value is -0.990. The van der Waals surface area contributed by atoms with Gasteiger partial charge in [-0.1, -0.05) is 155 Å². The lowest BCUT2D eigenvalue weighted by atomic mass is 10.0. The number of hydrogen-bond acceptors (Lipinski definition) is 7. The average Bonchev–Trinajstić information content (AvgIpc) is 3.02. The van der Waals surface area contributed by atoms with Crippen LogP contribution in [0.5, 0.6) is 0 Å². The summed E-state index contributed by atoms with van der Waals surface area (Å²) < 4.78 is 34.2. The maximum absolute atomic E-state index is 12.6. The largest absolute Gasteiger partial charge is 0.472 e. The molecule has 9 nitrogen and oxygen atoms in total. The van der Waals surface area contributed by atoms with E-state index in [0.29, 0.717) is 17.4 Å². The number of phosphoric acid groups is 1. The first kappa shape index (κ1) is 47.0. The van der Waals surface area contributed by atoms with E-state index >= 15 is 0 Å². The number of likely N-dealkylation sites (N-methyl/N-ethyl adjacent to an activating group) is 1. The van der Waals surface area contributed by atoms with Gasteiger partial charge < -0.3 is 18.9 Å². The summed E-state index contributed by atoms with van der Waals surface area (Å²) in [6.07, 6.45) is 28.6. The number of quaternary nitrogens is 1. The van der Waals surface area contributed by atoms with E-state index in [1.165, 1.54) is 116 Å². The van der Waals surface area contributed by atoms with Crippen molar-refractivity contribution >= 4 is 19.8 Å². The lowest BCUT2D eigenvalue weighted by Crippen LogP contribution is -2.37. The molecule has 286 valence electrons. The molecule has 2 unspecified atom stereocenters. The first-order chi connectivity index (χ1) is 23.0. The quantitative estimate of drug-likeness (QED) is 0.0297. The molecule has 10 heteroatoms. The Kier molecular flexibility index (Phi) is 31.3.